The lowest BCUT2D eigenvalue weighted by molar-refractivity contribution is -0.136. The van der Waals surface area contributed by atoms with Gasteiger partial charge in [-0.1, -0.05) is 11.6 Å². The van der Waals surface area contributed by atoms with Crippen LogP contribution in [0.15, 0.2) is 17.5 Å². The number of anilines is 1. The summed E-state index contributed by atoms with van der Waals surface area (Å²) < 4.78 is 0.754. The zero-order valence-corrected chi connectivity index (χ0v) is 11.9. The number of aliphatic carboxylic acids is 1. The highest BCUT2D eigenvalue weighted by Gasteiger charge is 2.11. The molecule has 2 rings (SSSR count). The van der Waals surface area contributed by atoms with E-state index < -0.39 is 5.97 Å². The molecule has 0 bridgehead atoms. The Morgan fingerprint density at radius 1 is 1.61 bits per heavy atom. The van der Waals surface area contributed by atoms with Gasteiger partial charge >= 0.3 is 5.97 Å². The summed E-state index contributed by atoms with van der Waals surface area (Å²) in [6.07, 6.45) is -0.0443. The molecule has 0 radical (unpaired) electrons. The molecule has 7 heteroatoms. The van der Waals surface area contributed by atoms with E-state index in [4.69, 9.17) is 16.7 Å². The number of nitrogens with one attached hydrogen (secondary N) is 1. The summed E-state index contributed by atoms with van der Waals surface area (Å²) in [5.74, 6) is -0.870. The molecule has 0 spiro atoms. The summed E-state index contributed by atoms with van der Waals surface area (Å²) in [4.78, 5) is 15.9. The van der Waals surface area contributed by atoms with Crippen LogP contribution in [-0.2, 0) is 11.2 Å². The molecule has 2 heterocycles. The van der Waals surface area contributed by atoms with Gasteiger partial charge in [0.2, 0.25) is 0 Å². The van der Waals surface area contributed by atoms with Crippen molar-refractivity contribution in [2.45, 2.75) is 19.4 Å². The minimum absolute atomic E-state index is 0.0443. The molecule has 0 aliphatic carbocycles. The van der Waals surface area contributed by atoms with E-state index in [0.717, 1.165) is 14.3 Å². The lowest BCUT2D eigenvalue weighted by Crippen LogP contribution is -2.05. The molecule has 4 nitrogen and oxygen atoms in total. The number of aromatic nitrogens is 1. The van der Waals surface area contributed by atoms with Crippen molar-refractivity contribution in [1.29, 1.82) is 0 Å². The van der Waals surface area contributed by atoms with Gasteiger partial charge in [-0.05, 0) is 19.1 Å². The van der Waals surface area contributed by atoms with Crippen LogP contribution < -0.4 is 5.32 Å². The number of thiophene rings is 1. The quantitative estimate of drug-likeness (QED) is 0.885. The fraction of sp³-hybridized carbons (Fsp3) is 0.273. The van der Waals surface area contributed by atoms with Gasteiger partial charge in [-0.3, -0.25) is 4.79 Å². The number of halogens is 1. The van der Waals surface area contributed by atoms with Crippen LogP contribution in [0.25, 0.3) is 0 Å². The Hall–Kier alpha value is -1.11. The summed E-state index contributed by atoms with van der Waals surface area (Å²) in [6, 6.07) is 3.93. The van der Waals surface area contributed by atoms with E-state index in [0.29, 0.717) is 5.69 Å². The molecule has 2 aromatic heterocycles. The molecule has 1 atom stereocenters. The summed E-state index contributed by atoms with van der Waals surface area (Å²) in [5, 5.41) is 14.4. The maximum Gasteiger partial charge on any atom is 0.309 e. The second-order valence-electron chi connectivity index (χ2n) is 3.72. The maximum absolute atomic E-state index is 10.6. The van der Waals surface area contributed by atoms with E-state index in [1.807, 2.05) is 19.1 Å². The van der Waals surface area contributed by atoms with E-state index in [-0.39, 0.29) is 12.5 Å². The van der Waals surface area contributed by atoms with E-state index in [2.05, 4.69) is 10.3 Å². The highest BCUT2D eigenvalue weighted by atomic mass is 35.5. The number of thiazole rings is 1. The van der Waals surface area contributed by atoms with Crippen molar-refractivity contribution < 1.29 is 9.90 Å². The molecule has 2 N–H and O–H groups in total. The standard InChI is InChI=1S/C11H11ClN2O2S2/c1-6(8-2-3-9(12)18-8)13-11-14-7(5-17-11)4-10(15)16/h2-3,5-6H,4H2,1H3,(H,13,14)(H,15,16). The van der Waals surface area contributed by atoms with Gasteiger partial charge in [0.05, 0.1) is 22.5 Å². The van der Waals surface area contributed by atoms with Gasteiger partial charge in [0.1, 0.15) is 0 Å². The van der Waals surface area contributed by atoms with Crippen LogP contribution in [0.4, 0.5) is 5.13 Å². The van der Waals surface area contributed by atoms with Crippen LogP contribution in [0.5, 0.6) is 0 Å². The lowest BCUT2D eigenvalue weighted by Gasteiger charge is -2.10. The third kappa shape index (κ3) is 3.44. The molecule has 0 aromatic carbocycles. The topological polar surface area (TPSA) is 62.2 Å². The zero-order valence-electron chi connectivity index (χ0n) is 9.51. The van der Waals surface area contributed by atoms with Crippen molar-refractivity contribution in [3.63, 3.8) is 0 Å². The number of carboxylic acids is 1. The SMILES string of the molecule is CC(Nc1nc(CC(=O)O)cs1)c1ccc(Cl)s1. The van der Waals surface area contributed by atoms with E-state index in [1.54, 1.807) is 5.38 Å². The summed E-state index contributed by atoms with van der Waals surface area (Å²) in [7, 11) is 0. The Kier molecular flexibility index (Phi) is 4.21. The molecule has 18 heavy (non-hydrogen) atoms. The van der Waals surface area contributed by atoms with Crippen molar-refractivity contribution in [1.82, 2.24) is 4.98 Å². The first kappa shape index (κ1) is 13.3. The van der Waals surface area contributed by atoms with Gasteiger partial charge in [-0.2, -0.15) is 0 Å². The van der Waals surface area contributed by atoms with Crippen LogP contribution in [0.3, 0.4) is 0 Å². The number of hydrogen-bond donors (Lipinski definition) is 2. The lowest BCUT2D eigenvalue weighted by atomic mass is 10.3. The predicted octanol–water partition coefficient (Wildman–Crippen LogP) is 3.66. The average molecular weight is 303 g/mol. The third-order valence-corrected chi connectivity index (χ3v) is 4.48. The fourth-order valence-electron chi connectivity index (χ4n) is 1.43. The normalized spacial score (nSPS) is 12.3. The predicted molar refractivity (Wildman–Crippen MR) is 74.8 cm³/mol. The Morgan fingerprint density at radius 3 is 3.00 bits per heavy atom. The van der Waals surface area contributed by atoms with E-state index >= 15 is 0 Å². The second kappa shape index (κ2) is 5.69. The molecule has 2 aromatic rings. The fourth-order valence-corrected chi connectivity index (χ4v) is 3.29. The van der Waals surface area contributed by atoms with Crippen molar-refractivity contribution in [2.75, 3.05) is 5.32 Å². The molecule has 0 aliphatic rings. The summed E-state index contributed by atoms with van der Waals surface area (Å²) in [5.41, 5.74) is 0.575. The molecular weight excluding hydrogens is 292 g/mol. The third-order valence-electron chi connectivity index (χ3n) is 2.24. The summed E-state index contributed by atoms with van der Waals surface area (Å²) >= 11 is 8.81. The Bertz CT molecular complexity index is 553. The highest BCUT2D eigenvalue weighted by molar-refractivity contribution is 7.16. The van der Waals surface area contributed by atoms with Gasteiger partial charge in [-0.25, -0.2) is 4.98 Å². The molecule has 0 fully saturated rings. The maximum atomic E-state index is 10.6. The molecule has 96 valence electrons. The first-order chi connectivity index (χ1) is 8.54. The molecule has 0 aliphatic heterocycles. The molecule has 0 saturated heterocycles. The van der Waals surface area contributed by atoms with Crippen molar-refractivity contribution in [3.8, 4) is 0 Å². The Labute approximate surface area is 117 Å². The molecule has 0 saturated carbocycles. The van der Waals surface area contributed by atoms with Crippen LogP contribution >= 0.6 is 34.3 Å². The molecule has 0 amide bonds. The van der Waals surface area contributed by atoms with Gasteiger partial charge < -0.3 is 10.4 Å². The van der Waals surface area contributed by atoms with Crippen LogP contribution in [0, 0.1) is 0 Å². The number of rotatable bonds is 5. The van der Waals surface area contributed by atoms with Crippen molar-refractivity contribution in [2.24, 2.45) is 0 Å². The highest BCUT2D eigenvalue weighted by Crippen LogP contribution is 2.29. The monoisotopic (exact) mass is 302 g/mol. The van der Waals surface area contributed by atoms with E-state index in [9.17, 15) is 4.79 Å². The van der Waals surface area contributed by atoms with Gasteiger partial charge in [0, 0.05) is 10.3 Å². The van der Waals surface area contributed by atoms with Crippen molar-refractivity contribution in [3.05, 3.63) is 32.4 Å². The second-order valence-corrected chi connectivity index (χ2v) is 6.33. The van der Waals surface area contributed by atoms with Crippen LogP contribution in [0.1, 0.15) is 23.5 Å². The molecular formula is C11H11ClN2O2S2. The van der Waals surface area contributed by atoms with Gasteiger partial charge in [0.25, 0.3) is 0 Å². The first-order valence-electron chi connectivity index (χ1n) is 5.22. The van der Waals surface area contributed by atoms with Crippen LogP contribution in [0.2, 0.25) is 4.34 Å². The average Bonchev–Trinajstić information content (AvgIpc) is 2.87. The smallest absolute Gasteiger partial charge is 0.309 e. The number of hydrogen-bond acceptors (Lipinski definition) is 5. The van der Waals surface area contributed by atoms with Crippen molar-refractivity contribution >= 4 is 45.4 Å². The Morgan fingerprint density at radius 2 is 2.39 bits per heavy atom. The zero-order chi connectivity index (χ0) is 13.1. The number of carboxylic acid groups (broad SMARTS) is 1. The summed E-state index contributed by atoms with van der Waals surface area (Å²) in [6.45, 7) is 2.01. The van der Waals surface area contributed by atoms with Gasteiger partial charge in [0.15, 0.2) is 5.13 Å². The Balaban J connectivity index is 2.00. The minimum atomic E-state index is -0.870. The molecule has 1 unspecified atom stereocenters. The van der Waals surface area contributed by atoms with Crippen LogP contribution in [-0.4, -0.2) is 16.1 Å². The number of nitrogens with zero attached hydrogens (tertiary/aromatic N) is 1. The van der Waals surface area contributed by atoms with Gasteiger partial charge in [-0.15, -0.1) is 22.7 Å². The number of carbonyl (C=O) groups is 1. The largest absolute Gasteiger partial charge is 0.481 e. The minimum Gasteiger partial charge on any atom is -0.481 e. The first-order valence-corrected chi connectivity index (χ1v) is 7.30. The van der Waals surface area contributed by atoms with E-state index in [1.165, 1.54) is 22.7 Å².